The van der Waals surface area contributed by atoms with Crippen LogP contribution < -0.4 is 14.9 Å². The lowest BCUT2D eigenvalue weighted by molar-refractivity contribution is -0.148. The lowest BCUT2D eigenvalue weighted by Gasteiger charge is -2.37. The molecule has 2 aromatic rings. The summed E-state index contributed by atoms with van der Waals surface area (Å²) in [5, 5.41) is 12.9. The summed E-state index contributed by atoms with van der Waals surface area (Å²) in [4.78, 5) is 27.9. The van der Waals surface area contributed by atoms with Crippen molar-refractivity contribution in [3.8, 4) is 23.8 Å². The van der Waals surface area contributed by atoms with Crippen LogP contribution in [0.5, 0.6) is 11.5 Å². The molecular formula is C31H42N4O7S. The average Bonchev–Trinajstić information content (AvgIpc) is 3.32. The number of carbonyl (C=O) groups is 2. The van der Waals surface area contributed by atoms with Crippen molar-refractivity contribution in [2.75, 3.05) is 33.7 Å². The highest BCUT2D eigenvalue weighted by Crippen LogP contribution is 2.37. The number of fused-ring (bicyclic) bond motifs is 1. The molecule has 0 aliphatic carbocycles. The smallest absolute Gasteiger partial charge is 0.252 e. The van der Waals surface area contributed by atoms with Gasteiger partial charge < -0.3 is 19.5 Å². The van der Waals surface area contributed by atoms with Gasteiger partial charge in [0.1, 0.15) is 0 Å². The maximum Gasteiger partial charge on any atom is 0.252 e. The Bertz CT molecular complexity index is 1390. The third-order valence-electron chi connectivity index (χ3n) is 6.62. The van der Waals surface area contributed by atoms with E-state index in [4.69, 9.17) is 15.9 Å². The minimum Gasteiger partial charge on any atom is -0.451 e. The zero-order chi connectivity index (χ0) is 31.7. The van der Waals surface area contributed by atoms with Gasteiger partial charge in [0.15, 0.2) is 11.5 Å². The highest BCUT2D eigenvalue weighted by atomic mass is 32.2. The quantitative estimate of drug-likeness (QED) is 0.245. The van der Waals surface area contributed by atoms with Crippen LogP contribution in [0.15, 0.2) is 53.4 Å². The summed E-state index contributed by atoms with van der Waals surface area (Å²) >= 11 is 0. The molecule has 0 fully saturated rings. The van der Waals surface area contributed by atoms with Crippen molar-refractivity contribution in [3.05, 3.63) is 54.1 Å². The number of terminal acetylenes is 1. The molecule has 1 heterocycles. The Hall–Kier alpha value is -3.63. The van der Waals surface area contributed by atoms with Gasteiger partial charge in [-0.2, -0.15) is 4.31 Å². The van der Waals surface area contributed by atoms with Crippen LogP contribution in [0, 0.1) is 18.3 Å². The van der Waals surface area contributed by atoms with Gasteiger partial charge in [-0.1, -0.05) is 44.2 Å². The summed E-state index contributed by atoms with van der Waals surface area (Å²) in [6, 6.07) is 12.5. The number of ether oxygens (including phenoxy) is 2. The number of benzene rings is 2. The van der Waals surface area contributed by atoms with Crippen LogP contribution in [0.25, 0.3) is 0 Å². The van der Waals surface area contributed by atoms with E-state index in [1.54, 1.807) is 32.0 Å². The number of nitrogens with zero attached hydrogens (tertiary/aromatic N) is 3. The molecule has 2 N–H and O–H groups in total. The number of aliphatic hydroxyl groups is 1. The fraction of sp³-hybridized carbons (Fsp3) is 0.484. The number of hydrogen-bond acceptors (Lipinski definition) is 8. The number of amides is 2. The van der Waals surface area contributed by atoms with Crippen molar-refractivity contribution in [1.82, 2.24) is 19.6 Å². The number of sulfonamides is 1. The summed E-state index contributed by atoms with van der Waals surface area (Å²) in [7, 11) is -0.694. The first-order valence-corrected chi connectivity index (χ1v) is 15.6. The van der Waals surface area contributed by atoms with Crippen molar-refractivity contribution in [2.45, 2.75) is 63.4 Å². The zero-order valence-corrected chi connectivity index (χ0v) is 26.2. The Balaban J connectivity index is 1.99. The van der Waals surface area contributed by atoms with E-state index in [0.29, 0.717) is 11.5 Å². The number of rotatable bonds is 14. The predicted octanol–water partition coefficient (Wildman–Crippen LogP) is 2.26. The number of carbonyl (C=O) groups excluding carboxylic acids is 2. The van der Waals surface area contributed by atoms with Crippen LogP contribution in [-0.2, 0) is 26.0 Å². The predicted molar refractivity (Wildman–Crippen MR) is 162 cm³/mol. The van der Waals surface area contributed by atoms with Crippen molar-refractivity contribution >= 4 is 21.8 Å². The van der Waals surface area contributed by atoms with E-state index in [0.717, 1.165) is 10.6 Å². The van der Waals surface area contributed by atoms with Crippen LogP contribution in [0.2, 0.25) is 0 Å². The van der Waals surface area contributed by atoms with E-state index in [1.165, 1.54) is 16.4 Å². The van der Waals surface area contributed by atoms with Gasteiger partial charge in [-0.25, -0.2) is 13.4 Å². The van der Waals surface area contributed by atoms with E-state index in [1.807, 2.05) is 44.2 Å². The molecule has 0 saturated carbocycles. The molecule has 11 nitrogen and oxygen atoms in total. The molecule has 0 saturated heterocycles. The molecule has 3 rings (SSSR count). The Labute approximate surface area is 254 Å². The summed E-state index contributed by atoms with van der Waals surface area (Å²) in [6.07, 6.45) is 3.68. The SMILES string of the molecule is C#CCCC(=O)N(NC(=O)CN(C)C)[C@@H](Cc1ccccc1)[C@H](O)CN(CC(C)C)S(=O)(=O)c1ccc2c(c1)OC(C)O2. The lowest BCUT2D eigenvalue weighted by Crippen LogP contribution is -2.60. The average molecular weight is 615 g/mol. The molecule has 2 aromatic carbocycles. The maximum absolute atomic E-state index is 14.0. The van der Waals surface area contributed by atoms with Gasteiger partial charge in [0, 0.05) is 38.9 Å². The summed E-state index contributed by atoms with van der Waals surface area (Å²) < 4.78 is 40.2. The Kier molecular flexibility index (Phi) is 12.0. The summed E-state index contributed by atoms with van der Waals surface area (Å²) in [6.45, 7) is 5.19. The number of hydrogen-bond donors (Lipinski definition) is 2. The minimum atomic E-state index is -4.12. The molecule has 3 atom stereocenters. The fourth-order valence-corrected chi connectivity index (χ4v) is 6.36. The summed E-state index contributed by atoms with van der Waals surface area (Å²) in [5.74, 6) is 2.14. The molecule has 0 spiro atoms. The second kappa shape index (κ2) is 15.2. The Morgan fingerprint density at radius 1 is 1.07 bits per heavy atom. The van der Waals surface area contributed by atoms with Gasteiger partial charge in [0.25, 0.3) is 5.91 Å². The maximum atomic E-state index is 14.0. The van der Waals surface area contributed by atoms with Gasteiger partial charge >= 0.3 is 0 Å². The van der Waals surface area contributed by atoms with Crippen molar-refractivity contribution < 1.29 is 32.6 Å². The first-order chi connectivity index (χ1) is 20.3. The minimum absolute atomic E-state index is 0.0103. The molecule has 0 aromatic heterocycles. The van der Waals surface area contributed by atoms with Crippen LogP contribution >= 0.6 is 0 Å². The molecule has 1 aliphatic rings. The standard InChI is InChI=1S/C31H42N4O7S/c1-7-8-14-31(38)35(32-30(37)21-33(5)6)26(17-24-12-10-9-11-13-24)27(36)20-34(19-22(2)3)43(39,40)25-15-16-28-29(18-25)42-23(4)41-28/h1,9-13,15-16,18,22-23,26-27,36H,8,14,17,19-21H2,2-6H3,(H,32,37)/t23?,26-,27+/m0/s1. The van der Waals surface area contributed by atoms with Gasteiger partial charge in [-0.3, -0.25) is 15.0 Å². The van der Waals surface area contributed by atoms with Gasteiger partial charge in [-0.15, -0.1) is 12.3 Å². The molecule has 12 heteroatoms. The number of aliphatic hydroxyl groups excluding tert-OH is 1. The van der Waals surface area contributed by atoms with Crippen LogP contribution in [-0.4, -0.2) is 91.7 Å². The monoisotopic (exact) mass is 614 g/mol. The number of nitrogens with one attached hydrogen (secondary N) is 1. The fourth-order valence-electron chi connectivity index (χ4n) is 4.72. The lowest BCUT2D eigenvalue weighted by atomic mass is 9.99. The molecule has 43 heavy (non-hydrogen) atoms. The van der Waals surface area contributed by atoms with Crippen molar-refractivity contribution in [3.63, 3.8) is 0 Å². The molecular weight excluding hydrogens is 572 g/mol. The van der Waals surface area contributed by atoms with Crippen molar-refractivity contribution in [2.24, 2.45) is 5.92 Å². The first-order valence-electron chi connectivity index (χ1n) is 14.2. The highest BCUT2D eigenvalue weighted by molar-refractivity contribution is 7.89. The summed E-state index contributed by atoms with van der Waals surface area (Å²) in [5.41, 5.74) is 3.43. The zero-order valence-electron chi connectivity index (χ0n) is 25.4. The third kappa shape index (κ3) is 9.43. The largest absolute Gasteiger partial charge is 0.451 e. The molecule has 1 aliphatic heterocycles. The number of likely N-dealkylation sites (N-methyl/N-ethyl adjacent to an activating group) is 1. The Morgan fingerprint density at radius 2 is 1.74 bits per heavy atom. The highest BCUT2D eigenvalue weighted by Gasteiger charge is 2.36. The van der Waals surface area contributed by atoms with E-state index >= 15 is 0 Å². The third-order valence-corrected chi connectivity index (χ3v) is 8.45. The van der Waals surface area contributed by atoms with Gasteiger partial charge in [0.2, 0.25) is 22.2 Å². The van der Waals surface area contributed by atoms with Gasteiger partial charge in [-0.05, 0) is 44.1 Å². The molecule has 2 amide bonds. The van der Waals surface area contributed by atoms with E-state index < -0.39 is 40.3 Å². The van der Waals surface area contributed by atoms with Crippen molar-refractivity contribution in [1.29, 1.82) is 0 Å². The van der Waals surface area contributed by atoms with Crippen LogP contribution in [0.1, 0.15) is 39.2 Å². The second-order valence-electron chi connectivity index (χ2n) is 11.2. The van der Waals surface area contributed by atoms with E-state index in [9.17, 15) is 23.1 Å². The molecule has 0 radical (unpaired) electrons. The topological polar surface area (TPSA) is 129 Å². The number of hydrazine groups is 1. The van der Waals surface area contributed by atoms with Gasteiger partial charge in [0.05, 0.1) is 23.6 Å². The van der Waals surface area contributed by atoms with Crippen LogP contribution in [0.4, 0.5) is 0 Å². The molecule has 234 valence electrons. The molecule has 0 bridgehead atoms. The Morgan fingerprint density at radius 3 is 2.37 bits per heavy atom. The van der Waals surface area contributed by atoms with Crippen LogP contribution in [0.3, 0.4) is 0 Å². The van der Waals surface area contributed by atoms with E-state index in [-0.39, 0.29) is 49.7 Å². The normalized spacial score (nSPS) is 15.8. The first kappa shape index (κ1) is 33.9. The second-order valence-corrected chi connectivity index (χ2v) is 13.1. The van der Waals surface area contributed by atoms with E-state index in [2.05, 4.69) is 11.3 Å². The molecule has 1 unspecified atom stereocenters.